The summed E-state index contributed by atoms with van der Waals surface area (Å²) >= 11 is 1.52. The second-order valence-corrected chi connectivity index (χ2v) is 7.54. The molecule has 1 aliphatic rings. The highest BCUT2D eigenvalue weighted by Crippen LogP contribution is 2.36. The highest BCUT2D eigenvalue weighted by atomic mass is 32.1. The normalized spacial score (nSPS) is 21.0. The Morgan fingerprint density at radius 3 is 2.79 bits per heavy atom. The Hall–Kier alpha value is -2.25. The van der Waals surface area contributed by atoms with Gasteiger partial charge in [-0.2, -0.15) is 0 Å². The number of nitro benzene ring substituents is 1. The highest BCUT2D eigenvalue weighted by molar-refractivity contribution is 7.15. The number of rotatable bonds is 5. The number of carbonyl (C=O) groups is 1. The monoisotopic (exact) mass is 346 g/mol. The Morgan fingerprint density at radius 1 is 1.38 bits per heavy atom. The van der Waals surface area contributed by atoms with Crippen molar-refractivity contribution < 1.29 is 14.8 Å². The van der Waals surface area contributed by atoms with Gasteiger partial charge in [0.25, 0.3) is 5.69 Å². The number of nitro groups is 1. The van der Waals surface area contributed by atoms with Crippen LogP contribution in [-0.4, -0.2) is 34.0 Å². The van der Waals surface area contributed by atoms with Crippen molar-refractivity contribution in [1.82, 2.24) is 4.90 Å². The minimum atomic E-state index is -0.753. The first-order valence-electron chi connectivity index (χ1n) is 7.67. The summed E-state index contributed by atoms with van der Waals surface area (Å²) in [6, 6.07) is 10.6. The van der Waals surface area contributed by atoms with Gasteiger partial charge in [-0.15, -0.1) is 11.3 Å². The first-order valence-corrected chi connectivity index (χ1v) is 8.49. The molecule has 1 fully saturated rings. The quantitative estimate of drug-likeness (QED) is 0.660. The van der Waals surface area contributed by atoms with Gasteiger partial charge in [0.2, 0.25) is 0 Å². The van der Waals surface area contributed by atoms with Crippen LogP contribution in [0.3, 0.4) is 0 Å². The topological polar surface area (TPSA) is 83.7 Å². The van der Waals surface area contributed by atoms with Crippen LogP contribution in [0.1, 0.15) is 18.2 Å². The zero-order valence-electron chi connectivity index (χ0n) is 13.3. The first-order chi connectivity index (χ1) is 11.4. The van der Waals surface area contributed by atoms with E-state index < -0.39 is 11.4 Å². The molecule has 1 saturated heterocycles. The van der Waals surface area contributed by atoms with Crippen molar-refractivity contribution in [3.63, 3.8) is 0 Å². The third-order valence-electron chi connectivity index (χ3n) is 4.48. The van der Waals surface area contributed by atoms with Gasteiger partial charge in [0.05, 0.1) is 15.9 Å². The molecule has 7 heteroatoms. The number of para-hydroxylation sites is 1. The molecule has 0 spiro atoms. The molecule has 0 bridgehead atoms. The average Bonchev–Trinajstić information content (AvgIpc) is 3.15. The Balaban J connectivity index is 1.76. The van der Waals surface area contributed by atoms with E-state index in [9.17, 15) is 20.0 Å². The predicted molar refractivity (Wildman–Crippen MR) is 92.0 cm³/mol. The Labute approximate surface area is 143 Å². The van der Waals surface area contributed by atoms with E-state index in [2.05, 4.69) is 4.90 Å². The number of aliphatic carboxylic acids is 1. The number of likely N-dealkylation sites (tertiary alicyclic amines) is 1. The molecule has 0 radical (unpaired) electrons. The maximum absolute atomic E-state index is 11.3. The molecule has 1 N–H and O–H groups in total. The fraction of sp³-hybridized carbons (Fsp3) is 0.353. The van der Waals surface area contributed by atoms with Crippen LogP contribution >= 0.6 is 11.3 Å². The molecule has 0 aliphatic carbocycles. The van der Waals surface area contributed by atoms with E-state index in [0.29, 0.717) is 25.1 Å². The lowest BCUT2D eigenvalue weighted by atomic mass is 9.90. The lowest BCUT2D eigenvalue weighted by Gasteiger charge is -2.19. The minimum absolute atomic E-state index is 0.102. The predicted octanol–water partition coefficient (Wildman–Crippen LogP) is 3.62. The van der Waals surface area contributed by atoms with Crippen LogP contribution in [0.4, 0.5) is 5.69 Å². The number of benzene rings is 1. The van der Waals surface area contributed by atoms with E-state index >= 15 is 0 Å². The summed E-state index contributed by atoms with van der Waals surface area (Å²) in [5.41, 5.74) is 0.0410. The summed E-state index contributed by atoms with van der Waals surface area (Å²) in [7, 11) is 0. The fourth-order valence-electron chi connectivity index (χ4n) is 3.04. The average molecular weight is 346 g/mol. The molecule has 1 aromatic heterocycles. The summed E-state index contributed by atoms with van der Waals surface area (Å²) in [4.78, 5) is 26.2. The molecule has 0 amide bonds. The maximum atomic E-state index is 11.3. The standard InChI is InChI=1S/C17H18N2O4S/c1-17(16(20)21)8-9-18(11-17)10-12-6-7-15(24-12)13-4-2-3-5-14(13)19(22)23/h2-7H,8-11H2,1H3,(H,20,21). The highest BCUT2D eigenvalue weighted by Gasteiger charge is 2.40. The number of hydrogen-bond acceptors (Lipinski definition) is 5. The van der Waals surface area contributed by atoms with E-state index in [0.717, 1.165) is 16.3 Å². The van der Waals surface area contributed by atoms with Gasteiger partial charge in [0.1, 0.15) is 0 Å². The Morgan fingerprint density at radius 2 is 2.12 bits per heavy atom. The molecular formula is C17H18N2O4S. The van der Waals surface area contributed by atoms with Crippen LogP contribution in [-0.2, 0) is 11.3 Å². The van der Waals surface area contributed by atoms with Gasteiger partial charge in [0, 0.05) is 28.9 Å². The number of nitrogens with zero attached hydrogens (tertiary/aromatic N) is 2. The van der Waals surface area contributed by atoms with E-state index in [1.54, 1.807) is 25.1 Å². The van der Waals surface area contributed by atoms with Crippen molar-refractivity contribution >= 4 is 23.0 Å². The van der Waals surface area contributed by atoms with Crippen molar-refractivity contribution in [2.45, 2.75) is 19.9 Å². The lowest BCUT2D eigenvalue weighted by molar-refractivity contribution is -0.384. The summed E-state index contributed by atoms with van der Waals surface area (Å²) in [5.74, 6) is -0.753. The second-order valence-electron chi connectivity index (χ2n) is 6.37. The molecule has 2 heterocycles. The SMILES string of the molecule is CC1(C(=O)O)CCN(Cc2ccc(-c3ccccc3[N+](=O)[O-])s2)C1. The van der Waals surface area contributed by atoms with Crippen LogP contribution in [0, 0.1) is 15.5 Å². The largest absolute Gasteiger partial charge is 0.481 e. The number of carboxylic acid groups (broad SMARTS) is 1. The van der Waals surface area contributed by atoms with Crippen molar-refractivity contribution in [3.8, 4) is 10.4 Å². The van der Waals surface area contributed by atoms with Crippen molar-refractivity contribution in [3.05, 3.63) is 51.4 Å². The number of thiophene rings is 1. The first kappa shape index (κ1) is 16.6. The van der Waals surface area contributed by atoms with Gasteiger partial charge in [-0.1, -0.05) is 12.1 Å². The lowest BCUT2D eigenvalue weighted by Crippen LogP contribution is -2.31. The molecule has 3 rings (SSSR count). The molecule has 1 unspecified atom stereocenters. The number of carboxylic acids is 1. The fourth-order valence-corrected chi connectivity index (χ4v) is 4.12. The van der Waals surface area contributed by atoms with E-state index in [1.807, 2.05) is 12.1 Å². The van der Waals surface area contributed by atoms with Crippen LogP contribution < -0.4 is 0 Å². The van der Waals surface area contributed by atoms with Crippen molar-refractivity contribution in [1.29, 1.82) is 0 Å². The van der Waals surface area contributed by atoms with Crippen LogP contribution in [0.15, 0.2) is 36.4 Å². The van der Waals surface area contributed by atoms with Crippen molar-refractivity contribution in [2.24, 2.45) is 5.41 Å². The van der Waals surface area contributed by atoms with Gasteiger partial charge < -0.3 is 5.11 Å². The molecular weight excluding hydrogens is 328 g/mol. The molecule has 1 atom stereocenters. The van der Waals surface area contributed by atoms with E-state index in [-0.39, 0.29) is 10.6 Å². The van der Waals surface area contributed by atoms with Crippen LogP contribution in [0.25, 0.3) is 10.4 Å². The second kappa shape index (κ2) is 6.33. The Kier molecular flexibility index (Phi) is 4.38. The third-order valence-corrected chi connectivity index (χ3v) is 5.58. The van der Waals surface area contributed by atoms with E-state index in [4.69, 9.17) is 0 Å². The summed E-state index contributed by atoms with van der Waals surface area (Å²) in [6.45, 7) is 3.74. The molecule has 1 aliphatic heterocycles. The molecule has 2 aromatic rings. The Bertz CT molecular complexity index is 788. The van der Waals surface area contributed by atoms with Gasteiger partial charge in [-0.05, 0) is 38.1 Å². The molecule has 1 aromatic carbocycles. The minimum Gasteiger partial charge on any atom is -0.481 e. The number of hydrogen-bond donors (Lipinski definition) is 1. The third kappa shape index (κ3) is 3.18. The van der Waals surface area contributed by atoms with Crippen molar-refractivity contribution in [2.75, 3.05) is 13.1 Å². The van der Waals surface area contributed by atoms with Gasteiger partial charge >= 0.3 is 5.97 Å². The summed E-state index contributed by atoms with van der Waals surface area (Å²) < 4.78 is 0. The zero-order chi connectivity index (χ0) is 17.3. The van der Waals surface area contributed by atoms with E-state index in [1.165, 1.54) is 17.4 Å². The van der Waals surface area contributed by atoms with Crippen LogP contribution in [0.5, 0.6) is 0 Å². The van der Waals surface area contributed by atoms with Gasteiger partial charge in [0.15, 0.2) is 0 Å². The summed E-state index contributed by atoms with van der Waals surface area (Å²) in [5, 5.41) is 20.5. The van der Waals surface area contributed by atoms with Gasteiger partial charge in [-0.3, -0.25) is 19.8 Å². The zero-order valence-corrected chi connectivity index (χ0v) is 14.1. The molecule has 0 saturated carbocycles. The summed E-state index contributed by atoms with van der Waals surface area (Å²) in [6.07, 6.45) is 0.644. The molecule has 126 valence electrons. The maximum Gasteiger partial charge on any atom is 0.310 e. The van der Waals surface area contributed by atoms with Crippen LogP contribution in [0.2, 0.25) is 0 Å². The molecule has 24 heavy (non-hydrogen) atoms. The smallest absolute Gasteiger partial charge is 0.310 e. The molecule has 6 nitrogen and oxygen atoms in total. The van der Waals surface area contributed by atoms with Gasteiger partial charge in [-0.25, -0.2) is 0 Å².